The summed E-state index contributed by atoms with van der Waals surface area (Å²) in [6.45, 7) is 5.67. The average molecular weight is 367 g/mol. The summed E-state index contributed by atoms with van der Waals surface area (Å²) in [5.74, 6) is -0.263. The molecule has 1 heterocycles. The van der Waals surface area contributed by atoms with Crippen LogP contribution in [0, 0.1) is 30.9 Å². The maximum atomic E-state index is 12.2. The lowest BCUT2D eigenvalue weighted by atomic mass is 10.1. The summed E-state index contributed by atoms with van der Waals surface area (Å²) in [5.41, 5.74) is 4.19. The molecule has 0 spiro atoms. The molecule has 1 N–H and O–H groups in total. The highest BCUT2D eigenvalue weighted by Gasteiger charge is 2.24. The number of rotatable bonds is 3. The molecule has 2 aromatic rings. The maximum Gasteiger partial charge on any atom is 0.272 e. The van der Waals surface area contributed by atoms with E-state index in [4.69, 9.17) is 0 Å². The van der Waals surface area contributed by atoms with E-state index in [0.717, 1.165) is 16.8 Å². The Balaban J connectivity index is 1.88. The predicted molar refractivity (Wildman–Crippen MR) is 105 cm³/mol. The average Bonchev–Trinajstić information content (AvgIpc) is 2.87. The Morgan fingerprint density at radius 1 is 1.12 bits per heavy atom. The molecule has 0 saturated carbocycles. The maximum absolute atomic E-state index is 12.2. The lowest BCUT2D eigenvalue weighted by Gasteiger charge is -2.01. The molecular formula is C19H17N3O3S. The number of thioether (sulfide) groups is 1. The number of aryl methyl sites for hydroxylation is 3. The standard InChI is InChI=1S/C19H17N3O3S/c1-11-6-12(2)8-15(7-11)20-19-21-18(23)17(26-19)10-14-5-4-13(3)16(9-14)22(24)25/h4-10H,1-3H3,(H,20,21,23)/b17-10+. The minimum absolute atomic E-state index is 0.0341. The second-order valence-electron chi connectivity index (χ2n) is 6.13. The molecule has 0 bridgehead atoms. The molecule has 2 aromatic carbocycles. The Kier molecular flexibility index (Phi) is 4.90. The van der Waals surface area contributed by atoms with Crippen LogP contribution in [-0.4, -0.2) is 16.0 Å². The van der Waals surface area contributed by atoms with E-state index in [1.807, 2.05) is 26.0 Å². The van der Waals surface area contributed by atoms with Gasteiger partial charge in [-0.15, -0.1) is 0 Å². The molecule has 0 aliphatic carbocycles. The summed E-state index contributed by atoms with van der Waals surface area (Å²) in [4.78, 5) is 27.8. The Morgan fingerprint density at radius 3 is 2.46 bits per heavy atom. The number of carbonyl (C=O) groups is 1. The Labute approximate surface area is 155 Å². The molecule has 1 fully saturated rings. The number of benzene rings is 2. The highest BCUT2D eigenvalue weighted by atomic mass is 32.2. The molecule has 1 amide bonds. The fourth-order valence-corrected chi connectivity index (χ4v) is 3.52. The number of amidine groups is 1. The summed E-state index contributed by atoms with van der Waals surface area (Å²) < 4.78 is 0. The fraction of sp³-hybridized carbons (Fsp3) is 0.158. The molecule has 26 heavy (non-hydrogen) atoms. The van der Waals surface area contributed by atoms with Crippen LogP contribution in [0.25, 0.3) is 6.08 Å². The van der Waals surface area contributed by atoms with E-state index in [2.05, 4.69) is 16.4 Å². The summed E-state index contributed by atoms with van der Waals surface area (Å²) in [5, 5.41) is 14.3. The van der Waals surface area contributed by atoms with Gasteiger partial charge < -0.3 is 5.32 Å². The van der Waals surface area contributed by atoms with E-state index in [9.17, 15) is 14.9 Å². The van der Waals surface area contributed by atoms with Gasteiger partial charge in [0.25, 0.3) is 11.6 Å². The number of carbonyl (C=O) groups excluding carboxylic acids is 1. The van der Waals surface area contributed by atoms with Crippen molar-refractivity contribution in [2.24, 2.45) is 4.99 Å². The molecular weight excluding hydrogens is 350 g/mol. The number of hydrogen-bond donors (Lipinski definition) is 1. The number of nitro groups is 1. The SMILES string of the molecule is Cc1cc(C)cc(N=C2NC(=O)/C(=C\c3ccc(C)c([N+](=O)[O-])c3)S2)c1. The third-order valence-corrected chi connectivity index (χ3v) is 4.73. The fourth-order valence-electron chi connectivity index (χ4n) is 2.68. The van der Waals surface area contributed by atoms with Crippen molar-refractivity contribution in [1.29, 1.82) is 0 Å². The van der Waals surface area contributed by atoms with Crippen LogP contribution in [0.1, 0.15) is 22.3 Å². The largest absolute Gasteiger partial charge is 0.300 e. The van der Waals surface area contributed by atoms with Gasteiger partial charge in [0.15, 0.2) is 5.17 Å². The van der Waals surface area contributed by atoms with E-state index < -0.39 is 4.92 Å². The van der Waals surface area contributed by atoms with Crippen molar-refractivity contribution < 1.29 is 9.72 Å². The summed E-state index contributed by atoms with van der Waals surface area (Å²) >= 11 is 1.22. The first-order valence-electron chi connectivity index (χ1n) is 7.95. The molecule has 0 atom stereocenters. The van der Waals surface area contributed by atoms with Crippen molar-refractivity contribution >= 4 is 40.3 Å². The molecule has 0 aromatic heterocycles. The molecule has 1 saturated heterocycles. The predicted octanol–water partition coefficient (Wildman–Crippen LogP) is 4.41. The minimum atomic E-state index is -0.424. The zero-order valence-corrected chi connectivity index (χ0v) is 15.4. The van der Waals surface area contributed by atoms with Crippen molar-refractivity contribution in [2.75, 3.05) is 0 Å². The molecule has 0 unspecified atom stereocenters. The number of amides is 1. The topological polar surface area (TPSA) is 84.6 Å². The van der Waals surface area contributed by atoms with Gasteiger partial charge in [-0.2, -0.15) is 0 Å². The van der Waals surface area contributed by atoms with E-state index in [0.29, 0.717) is 21.2 Å². The van der Waals surface area contributed by atoms with Gasteiger partial charge in [-0.05, 0) is 67.4 Å². The Hall–Kier alpha value is -2.93. The number of hydrogen-bond acceptors (Lipinski definition) is 5. The highest BCUT2D eigenvalue weighted by Crippen LogP contribution is 2.30. The lowest BCUT2D eigenvalue weighted by molar-refractivity contribution is -0.385. The third kappa shape index (κ3) is 4.00. The summed E-state index contributed by atoms with van der Waals surface area (Å²) in [7, 11) is 0. The van der Waals surface area contributed by atoms with Crippen LogP contribution in [-0.2, 0) is 4.79 Å². The van der Waals surface area contributed by atoms with Crippen LogP contribution in [0.3, 0.4) is 0 Å². The zero-order chi connectivity index (χ0) is 18.8. The quantitative estimate of drug-likeness (QED) is 0.495. The minimum Gasteiger partial charge on any atom is -0.300 e. The van der Waals surface area contributed by atoms with Crippen LogP contribution in [0.4, 0.5) is 11.4 Å². The monoisotopic (exact) mass is 367 g/mol. The van der Waals surface area contributed by atoms with Crippen molar-refractivity contribution in [3.8, 4) is 0 Å². The number of nitro benzene ring substituents is 1. The zero-order valence-electron chi connectivity index (χ0n) is 14.6. The van der Waals surface area contributed by atoms with Crippen LogP contribution in [0.5, 0.6) is 0 Å². The lowest BCUT2D eigenvalue weighted by Crippen LogP contribution is -2.19. The Bertz CT molecular complexity index is 960. The third-order valence-electron chi connectivity index (χ3n) is 3.82. The van der Waals surface area contributed by atoms with Gasteiger partial charge in [-0.3, -0.25) is 14.9 Å². The van der Waals surface area contributed by atoms with E-state index in [1.54, 1.807) is 25.1 Å². The molecule has 7 heteroatoms. The van der Waals surface area contributed by atoms with Crippen molar-refractivity contribution in [2.45, 2.75) is 20.8 Å². The van der Waals surface area contributed by atoms with Gasteiger partial charge in [0, 0.05) is 11.6 Å². The van der Waals surface area contributed by atoms with Crippen molar-refractivity contribution in [3.05, 3.63) is 73.7 Å². The van der Waals surface area contributed by atoms with Gasteiger partial charge in [0.1, 0.15) is 0 Å². The highest BCUT2D eigenvalue weighted by molar-refractivity contribution is 8.18. The van der Waals surface area contributed by atoms with Crippen LogP contribution >= 0.6 is 11.8 Å². The van der Waals surface area contributed by atoms with Gasteiger partial charge in [0.05, 0.1) is 15.5 Å². The smallest absolute Gasteiger partial charge is 0.272 e. The second kappa shape index (κ2) is 7.13. The van der Waals surface area contributed by atoms with Gasteiger partial charge in [-0.25, -0.2) is 4.99 Å². The first-order valence-corrected chi connectivity index (χ1v) is 8.76. The normalized spacial score (nSPS) is 17.0. The molecule has 3 rings (SSSR count). The van der Waals surface area contributed by atoms with E-state index in [-0.39, 0.29) is 11.6 Å². The number of nitrogens with zero attached hydrogens (tertiary/aromatic N) is 2. The van der Waals surface area contributed by atoms with Crippen molar-refractivity contribution in [3.63, 3.8) is 0 Å². The van der Waals surface area contributed by atoms with Gasteiger partial charge in [-0.1, -0.05) is 18.2 Å². The number of nitrogens with one attached hydrogen (secondary N) is 1. The number of aliphatic imine (C=N–C) groups is 1. The van der Waals surface area contributed by atoms with Crippen LogP contribution in [0.2, 0.25) is 0 Å². The Morgan fingerprint density at radius 2 is 1.81 bits per heavy atom. The van der Waals surface area contributed by atoms with Gasteiger partial charge >= 0.3 is 0 Å². The second-order valence-corrected chi connectivity index (χ2v) is 7.16. The van der Waals surface area contributed by atoms with Crippen LogP contribution < -0.4 is 5.32 Å². The summed E-state index contributed by atoms with van der Waals surface area (Å²) in [6, 6.07) is 10.8. The van der Waals surface area contributed by atoms with E-state index >= 15 is 0 Å². The first kappa shape index (κ1) is 17.9. The van der Waals surface area contributed by atoms with E-state index in [1.165, 1.54) is 17.8 Å². The van der Waals surface area contributed by atoms with Gasteiger partial charge in [0.2, 0.25) is 0 Å². The van der Waals surface area contributed by atoms with Crippen molar-refractivity contribution in [1.82, 2.24) is 5.32 Å². The molecule has 0 radical (unpaired) electrons. The molecule has 1 aliphatic rings. The molecule has 6 nitrogen and oxygen atoms in total. The summed E-state index contributed by atoms with van der Waals surface area (Å²) in [6.07, 6.45) is 1.64. The van der Waals surface area contributed by atoms with Crippen LogP contribution in [0.15, 0.2) is 46.3 Å². The molecule has 132 valence electrons. The molecule has 1 aliphatic heterocycles. The first-order chi connectivity index (χ1) is 12.3.